The molecule has 1 aliphatic carbocycles. The van der Waals surface area contributed by atoms with Crippen LogP contribution in [0.3, 0.4) is 0 Å². The van der Waals surface area contributed by atoms with Crippen molar-refractivity contribution in [1.29, 1.82) is 0 Å². The number of hydrogen-bond acceptors (Lipinski definition) is 1. The van der Waals surface area contributed by atoms with Gasteiger partial charge in [-0.1, -0.05) is 36.4 Å². The van der Waals surface area contributed by atoms with Gasteiger partial charge in [0.15, 0.2) is 0 Å². The number of hydrogen-bond donors (Lipinski definition) is 1. The van der Waals surface area contributed by atoms with Crippen LogP contribution < -0.4 is 5.73 Å². The molecular weight excluding hydrogens is 244 g/mol. The molecule has 0 heterocycles. The highest BCUT2D eigenvalue weighted by molar-refractivity contribution is 5.31. The summed E-state index contributed by atoms with van der Waals surface area (Å²) in [7, 11) is 0. The zero-order chi connectivity index (χ0) is 13.4. The van der Waals surface area contributed by atoms with Crippen molar-refractivity contribution in [2.45, 2.75) is 18.4 Å². The summed E-state index contributed by atoms with van der Waals surface area (Å²) in [5.74, 6) is -0.665. The average molecular weight is 259 g/mol. The molecule has 1 saturated carbocycles. The molecule has 1 fully saturated rings. The van der Waals surface area contributed by atoms with E-state index in [-0.39, 0.29) is 11.5 Å². The second-order valence-electron chi connectivity index (χ2n) is 5.08. The average Bonchev–Trinajstić information content (AvgIpc) is 3.19. The molecule has 3 atom stereocenters. The summed E-state index contributed by atoms with van der Waals surface area (Å²) in [4.78, 5) is 0. The summed E-state index contributed by atoms with van der Waals surface area (Å²) in [6, 6.07) is 13.3. The fourth-order valence-corrected chi connectivity index (χ4v) is 2.74. The van der Waals surface area contributed by atoms with E-state index in [9.17, 15) is 8.78 Å². The molecule has 19 heavy (non-hydrogen) atoms. The molecule has 0 aromatic heterocycles. The van der Waals surface area contributed by atoms with E-state index in [4.69, 9.17) is 5.73 Å². The minimum absolute atomic E-state index is 0.0194. The van der Waals surface area contributed by atoms with Crippen molar-refractivity contribution in [1.82, 2.24) is 0 Å². The first-order chi connectivity index (χ1) is 9.18. The number of rotatable bonds is 3. The second kappa shape index (κ2) is 4.74. The Bertz CT molecular complexity index is 562. The van der Waals surface area contributed by atoms with Crippen molar-refractivity contribution < 1.29 is 8.78 Å². The number of halogens is 2. The molecule has 3 heteroatoms. The third-order valence-corrected chi connectivity index (χ3v) is 3.86. The normalized spacial score (nSPS) is 23.1. The third-order valence-electron chi connectivity index (χ3n) is 3.86. The van der Waals surface area contributed by atoms with Crippen LogP contribution in [0, 0.1) is 17.6 Å². The van der Waals surface area contributed by atoms with Crippen LogP contribution in [-0.4, -0.2) is 0 Å². The quantitative estimate of drug-likeness (QED) is 0.892. The number of benzene rings is 2. The van der Waals surface area contributed by atoms with E-state index < -0.39 is 17.7 Å². The Morgan fingerprint density at radius 3 is 2.21 bits per heavy atom. The van der Waals surface area contributed by atoms with Gasteiger partial charge in [0.1, 0.15) is 11.6 Å². The highest BCUT2D eigenvalue weighted by Crippen LogP contribution is 2.53. The monoisotopic (exact) mass is 259 g/mol. The van der Waals surface area contributed by atoms with E-state index in [1.807, 2.05) is 30.3 Å². The first-order valence-corrected chi connectivity index (χ1v) is 6.43. The van der Waals surface area contributed by atoms with Crippen LogP contribution >= 0.6 is 0 Å². The Labute approximate surface area is 111 Å². The van der Waals surface area contributed by atoms with Crippen molar-refractivity contribution in [2.75, 3.05) is 0 Å². The van der Waals surface area contributed by atoms with Gasteiger partial charge >= 0.3 is 0 Å². The summed E-state index contributed by atoms with van der Waals surface area (Å²) in [5.41, 5.74) is 7.26. The van der Waals surface area contributed by atoms with Gasteiger partial charge in [-0.25, -0.2) is 8.78 Å². The van der Waals surface area contributed by atoms with Gasteiger partial charge in [-0.05, 0) is 36.0 Å². The molecular formula is C16H15F2N. The van der Waals surface area contributed by atoms with Crippen molar-refractivity contribution in [3.05, 3.63) is 71.3 Å². The van der Waals surface area contributed by atoms with E-state index in [1.165, 1.54) is 23.8 Å². The van der Waals surface area contributed by atoms with Crippen LogP contribution in [0.1, 0.15) is 29.5 Å². The van der Waals surface area contributed by atoms with Crippen molar-refractivity contribution in [2.24, 2.45) is 11.7 Å². The Balaban J connectivity index is 1.82. The van der Waals surface area contributed by atoms with Gasteiger partial charge in [-0.15, -0.1) is 0 Å². The molecule has 1 aliphatic rings. The van der Waals surface area contributed by atoms with Crippen molar-refractivity contribution >= 4 is 0 Å². The largest absolute Gasteiger partial charge is 0.324 e. The van der Waals surface area contributed by atoms with Crippen LogP contribution in [0.2, 0.25) is 0 Å². The molecule has 0 spiro atoms. The van der Waals surface area contributed by atoms with Crippen LogP contribution in [0.4, 0.5) is 8.78 Å². The lowest BCUT2D eigenvalue weighted by atomic mass is 9.98. The van der Waals surface area contributed by atoms with Gasteiger partial charge in [-0.3, -0.25) is 0 Å². The first-order valence-electron chi connectivity index (χ1n) is 6.43. The maximum Gasteiger partial charge on any atom is 0.130 e. The fourth-order valence-electron chi connectivity index (χ4n) is 2.74. The van der Waals surface area contributed by atoms with Crippen LogP contribution in [0.25, 0.3) is 0 Å². The summed E-state index contributed by atoms with van der Waals surface area (Å²) >= 11 is 0. The van der Waals surface area contributed by atoms with Crippen LogP contribution in [0.5, 0.6) is 0 Å². The molecule has 2 aromatic rings. The van der Waals surface area contributed by atoms with Crippen LogP contribution in [0.15, 0.2) is 48.5 Å². The summed E-state index contributed by atoms with van der Waals surface area (Å²) < 4.78 is 27.4. The first kappa shape index (κ1) is 12.3. The predicted molar refractivity (Wildman–Crippen MR) is 70.6 cm³/mol. The predicted octanol–water partition coefficient (Wildman–Crippen LogP) is 3.77. The molecule has 0 bridgehead atoms. The van der Waals surface area contributed by atoms with Crippen molar-refractivity contribution in [3.8, 4) is 0 Å². The lowest BCUT2D eigenvalue weighted by Crippen LogP contribution is -2.17. The minimum atomic E-state index is -0.577. The number of nitrogens with two attached hydrogens (primary N) is 1. The highest BCUT2D eigenvalue weighted by atomic mass is 19.1. The van der Waals surface area contributed by atoms with Gasteiger partial charge in [0.05, 0.1) is 0 Å². The Morgan fingerprint density at radius 2 is 1.58 bits per heavy atom. The zero-order valence-electron chi connectivity index (χ0n) is 10.4. The molecule has 2 N–H and O–H groups in total. The molecule has 2 aromatic carbocycles. The summed E-state index contributed by atoms with van der Waals surface area (Å²) in [6.45, 7) is 0. The fraction of sp³-hybridized carbons (Fsp3) is 0.250. The van der Waals surface area contributed by atoms with E-state index in [2.05, 4.69) is 0 Å². The Kier molecular flexibility index (Phi) is 3.07. The highest BCUT2D eigenvalue weighted by Gasteiger charge is 2.44. The van der Waals surface area contributed by atoms with Crippen molar-refractivity contribution in [3.63, 3.8) is 0 Å². The maximum atomic E-state index is 13.7. The lowest BCUT2D eigenvalue weighted by Gasteiger charge is -2.14. The second-order valence-corrected chi connectivity index (χ2v) is 5.08. The van der Waals surface area contributed by atoms with Gasteiger partial charge in [0, 0.05) is 11.6 Å². The molecule has 3 rings (SSSR count). The Hall–Kier alpha value is -1.74. The molecule has 0 radical (unpaired) electrons. The van der Waals surface area contributed by atoms with E-state index in [1.54, 1.807) is 0 Å². The standard InChI is InChI=1S/C16H15F2N/c17-13-7-4-8-14(18)15(13)16(19)12-9-11(12)10-5-2-1-3-6-10/h1-8,11-12,16H,9,19H2. The lowest BCUT2D eigenvalue weighted by molar-refractivity contribution is 0.499. The molecule has 0 amide bonds. The summed E-state index contributed by atoms with van der Waals surface area (Å²) in [5, 5.41) is 0. The van der Waals surface area contributed by atoms with Crippen LogP contribution in [-0.2, 0) is 0 Å². The smallest absolute Gasteiger partial charge is 0.130 e. The van der Waals surface area contributed by atoms with Gasteiger partial charge < -0.3 is 5.73 Å². The van der Waals surface area contributed by atoms with Gasteiger partial charge in [0.2, 0.25) is 0 Å². The van der Waals surface area contributed by atoms with E-state index in [0.717, 1.165) is 6.42 Å². The van der Waals surface area contributed by atoms with E-state index >= 15 is 0 Å². The summed E-state index contributed by atoms with van der Waals surface area (Å²) in [6.07, 6.45) is 0.888. The topological polar surface area (TPSA) is 26.0 Å². The molecule has 3 unspecified atom stereocenters. The Morgan fingerprint density at radius 1 is 0.947 bits per heavy atom. The zero-order valence-corrected chi connectivity index (χ0v) is 10.4. The van der Waals surface area contributed by atoms with Gasteiger partial charge in [0.25, 0.3) is 0 Å². The minimum Gasteiger partial charge on any atom is -0.324 e. The van der Waals surface area contributed by atoms with E-state index in [0.29, 0.717) is 5.92 Å². The molecule has 0 aliphatic heterocycles. The maximum absolute atomic E-state index is 13.7. The third kappa shape index (κ3) is 2.26. The molecule has 0 saturated heterocycles. The molecule has 98 valence electrons. The SMILES string of the molecule is NC(c1c(F)cccc1F)C1CC1c1ccccc1. The molecule has 1 nitrogen and oxygen atoms in total. The van der Waals surface area contributed by atoms with Gasteiger partial charge in [-0.2, -0.15) is 0 Å².